The van der Waals surface area contributed by atoms with E-state index in [4.69, 9.17) is 5.73 Å². The minimum atomic E-state index is -0.203. The molecule has 0 atom stereocenters. The van der Waals surface area contributed by atoms with E-state index in [9.17, 15) is 4.79 Å². The summed E-state index contributed by atoms with van der Waals surface area (Å²) in [7, 11) is 0. The van der Waals surface area contributed by atoms with E-state index < -0.39 is 0 Å². The van der Waals surface area contributed by atoms with Crippen molar-refractivity contribution in [1.29, 1.82) is 0 Å². The molecule has 0 fully saturated rings. The van der Waals surface area contributed by atoms with E-state index in [0.29, 0.717) is 24.6 Å². The molecule has 1 rings (SSSR count). The maximum atomic E-state index is 11.7. The Hall–Kier alpha value is -1.85. The molecule has 19 heavy (non-hydrogen) atoms. The van der Waals surface area contributed by atoms with Crippen LogP contribution in [-0.4, -0.2) is 28.0 Å². The van der Waals surface area contributed by atoms with Crippen LogP contribution < -0.4 is 16.4 Å². The lowest BCUT2D eigenvalue weighted by Gasteiger charge is -2.20. The maximum absolute atomic E-state index is 11.7. The number of nitrogens with one attached hydrogen (secondary N) is 2. The van der Waals surface area contributed by atoms with Gasteiger partial charge in [0.15, 0.2) is 0 Å². The van der Waals surface area contributed by atoms with Gasteiger partial charge >= 0.3 is 0 Å². The molecule has 0 saturated heterocycles. The normalized spacial score (nSPS) is 11.2. The van der Waals surface area contributed by atoms with E-state index in [1.165, 1.54) is 6.33 Å². The van der Waals surface area contributed by atoms with Gasteiger partial charge in [-0.3, -0.25) is 4.79 Å². The van der Waals surface area contributed by atoms with E-state index in [-0.39, 0.29) is 11.4 Å². The van der Waals surface area contributed by atoms with Crippen LogP contribution in [0.2, 0.25) is 0 Å². The lowest BCUT2D eigenvalue weighted by molar-refractivity contribution is -0.122. The van der Waals surface area contributed by atoms with Crippen molar-refractivity contribution in [2.45, 2.75) is 46.1 Å². The highest BCUT2D eigenvalue weighted by atomic mass is 16.1. The Balaban J connectivity index is 2.50. The standard InChI is InChI=1S/C13H23N5O/c1-5-9-11(14)16-8-17-12(9)15-7-6-10(19)18-13(2,3)4/h8H,5-7H2,1-4H3,(H,18,19)(H3,14,15,16,17). The van der Waals surface area contributed by atoms with Crippen LogP contribution >= 0.6 is 0 Å². The Morgan fingerprint density at radius 3 is 2.63 bits per heavy atom. The second-order valence-electron chi connectivity index (χ2n) is 5.41. The molecule has 0 saturated carbocycles. The smallest absolute Gasteiger partial charge is 0.222 e. The second-order valence-corrected chi connectivity index (χ2v) is 5.41. The number of carbonyl (C=O) groups excluding carboxylic acids is 1. The number of nitrogen functional groups attached to an aromatic ring is 1. The summed E-state index contributed by atoms with van der Waals surface area (Å²) < 4.78 is 0. The molecule has 0 radical (unpaired) electrons. The predicted molar refractivity (Wildman–Crippen MR) is 76.8 cm³/mol. The van der Waals surface area contributed by atoms with Gasteiger partial charge < -0.3 is 16.4 Å². The van der Waals surface area contributed by atoms with Crippen LogP contribution in [0.15, 0.2) is 6.33 Å². The minimum Gasteiger partial charge on any atom is -0.383 e. The SMILES string of the molecule is CCc1c(N)ncnc1NCCC(=O)NC(C)(C)C. The van der Waals surface area contributed by atoms with Crippen LogP contribution in [0.25, 0.3) is 0 Å². The molecule has 0 aliphatic rings. The van der Waals surface area contributed by atoms with Crippen molar-refractivity contribution >= 4 is 17.5 Å². The number of rotatable bonds is 5. The molecule has 0 bridgehead atoms. The fraction of sp³-hybridized carbons (Fsp3) is 0.615. The van der Waals surface area contributed by atoms with Gasteiger partial charge in [0.1, 0.15) is 18.0 Å². The molecule has 106 valence electrons. The number of anilines is 2. The summed E-state index contributed by atoms with van der Waals surface area (Å²) in [5, 5.41) is 6.04. The van der Waals surface area contributed by atoms with Crippen LogP contribution in [-0.2, 0) is 11.2 Å². The summed E-state index contributed by atoms with van der Waals surface area (Å²) in [6, 6.07) is 0. The molecule has 0 aromatic carbocycles. The molecule has 1 heterocycles. The molecule has 1 aromatic heterocycles. The van der Waals surface area contributed by atoms with Gasteiger partial charge in [0.2, 0.25) is 5.91 Å². The molecule has 1 aromatic rings. The third-order valence-corrected chi connectivity index (χ3v) is 2.49. The number of amides is 1. The first-order chi connectivity index (χ1) is 8.83. The van der Waals surface area contributed by atoms with Gasteiger partial charge in [-0.2, -0.15) is 0 Å². The van der Waals surface area contributed by atoms with Gasteiger partial charge in [0, 0.05) is 24.1 Å². The average molecular weight is 265 g/mol. The summed E-state index contributed by atoms with van der Waals surface area (Å²) in [6.45, 7) is 8.38. The third-order valence-electron chi connectivity index (χ3n) is 2.49. The van der Waals surface area contributed by atoms with Crippen molar-refractivity contribution < 1.29 is 4.79 Å². The number of hydrogen-bond acceptors (Lipinski definition) is 5. The highest BCUT2D eigenvalue weighted by Gasteiger charge is 2.13. The lowest BCUT2D eigenvalue weighted by atomic mass is 10.1. The molecular formula is C13H23N5O. The second kappa shape index (κ2) is 6.36. The average Bonchev–Trinajstić information content (AvgIpc) is 2.26. The fourth-order valence-electron chi connectivity index (χ4n) is 1.70. The molecule has 1 amide bonds. The number of aromatic nitrogens is 2. The zero-order valence-corrected chi connectivity index (χ0v) is 12.1. The molecule has 4 N–H and O–H groups in total. The van der Waals surface area contributed by atoms with Crippen LogP contribution in [0.5, 0.6) is 0 Å². The summed E-state index contributed by atoms with van der Waals surface area (Å²) in [5.41, 5.74) is 6.46. The van der Waals surface area contributed by atoms with Crippen LogP contribution in [0.1, 0.15) is 39.7 Å². The van der Waals surface area contributed by atoms with Crippen molar-refractivity contribution in [2.24, 2.45) is 0 Å². The molecule has 0 spiro atoms. The van der Waals surface area contributed by atoms with Gasteiger partial charge in [0.05, 0.1) is 0 Å². The summed E-state index contributed by atoms with van der Waals surface area (Å²) in [4.78, 5) is 19.8. The number of nitrogens with two attached hydrogens (primary N) is 1. The van der Waals surface area contributed by atoms with E-state index >= 15 is 0 Å². The summed E-state index contributed by atoms with van der Waals surface area (Å²) >= 11 is 0. The number of carbonyl (C=O) groups is 1. The predicted octanol–water partition coefficient (Wildman–Crippen LogP) is 1.34. The van der Waals surface area contributed by atoms with Crippen LogP contribution in [0.4, 0.5) is 11.6 Å². The monoisotopic (exact) mass is 265 g/mol. The Bertz CT molecular complexity index is 439. The number of hydrogen-bond donors (Lipinski definition) is 3. The first-order valence-electron chi connectivity index (χ1n) is 6.47. The van der Waals surface area contributed by atoms with Crippen molar-refractivity contribution in [1.82, 2.24) is 15.3 Å². The quantitative estimate of drug-likeness (QED) is 0.747. The minimum absolute atomic E-state index is 0.0140. The molecule has 0 aliphatic carbocycles. The van der Waals surface area contributed by atoms with Crippen molar-refractivity contribution in [3.63, 3.8) is 0 Å². The Kier molecular flexibility index (Phi) is 5.09. The molecular weight excluding hydrogens is 242 g/mol. The Morgan fingerprint density at radius 2 is 2.05 bits per heavy atom. The van der Waals surface area contributed by atoms with Gasteiger partial charge in [-0.05, 0) is 27.2 Å². The molecule has 6 nitrogen and oxygen atoms in total. The van der Waals surface area contributed by atoms with E-state index in [1.807, 2.05) is 27.7 Å². The zero-order valence-electron chi connectivity index (χ0n) is 12.1. The third kappa shape index (κ3) is 5.11. The highest BCUT2D eigenvalue weighted by Crippen LogP contribution is 2.17. The lowest BCUT2D eigenvalue weighted by Crippen LogP contribution is -2.41. The van der Waals surface area contributed by atoms with Gasteiger partial charge in [-0.15, -0.1) is 0 Å². The first-order valence-corrected chi connectivity index (χ1v) is 6.47. The Labute approximate surface area is 114 Å². The van der Waals surface area contributed by atoms with Gasteiger partial charge in [-0.25, -0.2) is 9.97 Å². The fourth-order valence-corrected chi connectivity index (χ4v) is 1.70. The molecule has 0 aliphatic heterocycles. The van der Waals surface area contributed by atoms with E-state index in [2.05, 4.69) is 20.6 Å². The molecule has 6 heteroatoms. The topological polar surface area (TPSA) is 92.9 Å². The van der Waals surface area contributed by atoms with E-state index in [1.54, 1.807) is 0 Å². The largest absolute Gasteiger partial charge is 0.383 e. The van der Waals surface area contributed by atoms with Crippen LogP contribution in [0.3, 0.4) is 0 Å². The highest BCUT2D eigenvalue weighted by molar-refractivity contribution is 5.77. The zero-order chi connectivity index (χ0) is 14.5. The van der Waals surface area contributed by atoms with Gasteiger partial charge in [0.25, 0.3) is 0 Å². The van der Waals surface area contributed by atoms with E-state index in [0.717, 1.165) is 12.0 Å². The first kappa shape index (κ1) is 15.2. The van der Waals surface area contributed by atoms with Crippen LogP contribution in [0, 0.1) is 0 Å². The Morgan fingerprint density at radius 1 is 1.37 bits per heavy atom. The van der Waals surface area contributed by atoms with Crippen molar-refractivity contribution in [3.8, 4) is 0 Å². The van der Waals surface area contributed by atoms with Gasteiger partial charge in [-0.1, -0.05) is 6.92 Å². The number of nitrogens with zero attached hydrogens (tertiary/aromatic N) is 2. The maximum Gasteiger partial charge on any atom is 0.222 e. The summed E-state index contributed by atoms with van der Waals surface area (Å²) in [5.74, 6) is 1.21. The summed E-state index contributed by atoms with van der Waals surface area (Å²) in [6.07, 6.45) is 2.57. The molecule has 0 unspecified atom stereocenters. The van der Waals surface area contributed by atoms with Crippen molar-refractivity contribution in [2.75, 3.05) is 17.6 Å². The van der Waals surface area contributed by atoms with Crippen molar-refractivity contribution in [3.05, 3.63) is 11.9 Å².